The number of carbonyl (C=O) groups is 2. The van der Waals surface area contributed by atoms with E-state index in [4.69, 9.17) is 9.84 Å². The zero-order valence-corrected chi connectivity index (χ0v) is 13.9. The van der Waals surface area contributed by atoms with Gasteiger partial charge < -0.3 is 15.2 Å². The van der Waals surface area contributed by atoms with E-state index < -0.39 is 11.9 Å². The number of carbonyl (C=O) groups excluding carboxylic acids is 1. The van der Waals surface area contributed by atoms with Gasteiger partial charge >= 0.3 is 5.97 Å². The van der Waals surface area contributed by atoms with Gasteiger partial charge in [-0.15, -0.1) is 0 Å². The molecular weight excluding hydrogens is 325 g/mol. The third-order valence-electron chi connectivity index (χ3n) is 3.65. The molecule has 0 aliphatic rings. The molecule has 0 fully saturated rings. The van der Waals surface area contributed by atoms with Crippen LogP contribution in [0, 0.1) is 5.82 Å². The van der Waals surface area contributed by atoms with Crippen LogP contribution in [0.25, 0.3) is 0 Å². The molecular formula is C19H20FNO4. The number of nitrogens with one attached hydrogen (secondary N) is 1. The highest BCUT2D eigenvalue weighted by Gasteiger charge is 2.14. The van der Waals surface area contributed by atoms with Crippen molar-refractivity contribution in [3.8, 4) is 5.75 Å². The summed E-state index contributed by atoms with van der Waals surface area (Å²) in [6.45, 7) is 1.89. The van der Waals surface area contributed by atoms with Crippen LogP contribution >= 0.6 is 0 Å². The van der Waals surface area contributed by atoms with Crippen molar-refractivity contribution in [2.75, 3.05) is 11.9 Å². The summed E-state index contributed by atoms with van der Waals surface area (Å²) in [5, 5.41) is 11.8. The molecule has 6 heteroatoms. The molecule has 0 radical (unpaired) electrons. The number of carboxylic acids is 1. The summed E-state index contributed by atoms with van der Waals surface area (Å²) in [4.78, 5) is 23.0. The largest absolute Gasteiger partial charge is 0.493 e. The number of hydrogen-bond acceptors (Lipinski definition) is 3. The first kappa shape index (κ1) is 18.4. The Bertz CT molecular complexity index is 748. The van der Waals surface area contributed by atoms with Crippen LogP contribution in [0.2, 0.25) is 0 Å². The number of aliphatic carboxylic acids is 1. The number of benzene rings is 2. The van der Waals surface area contributed by atoms with Gasteiger partial charge in [0.2, 0.25) is 5.91 Å². The summed E-state index contributed by atoms with van der Waals surface area (Å²) in [5.74, 6) is -1.70. The summed E-state index contributed by atoms with van der Waals surface area (Å²) in [5.41, 5.74) is 1.18. The van der Waals surface area contributed by atoms with Crippen molar-refractivity contribution in [2.24, 2.45) is 0 Å². The number of hydrogen-bond donors (Lipinski definition) is 2. The normalized spacial score (nSPS) is 11.6. The van der Waals surface area contributed by atoms with Crippen molar-refractivity contribution >= 4 is 17.6 Å². The van der Waals surface area contributed by atoms with Crippen LogP contribution in [-0.2, 0) is 9.59 Å². The second kappa shape index (κ2) is 8.82. The molecule has 1 atom stereocenters. The Labute approximate surface area is 145 Å². The summed E-state index contributed by atoms with van der Waals surface area (Å²) in [6.07, 6.45) is 0.724. The van der Waals surface area contributed by atoms with E-state index in [2.05, 4.69) is 5.32 Å². The van der Waals surface area contributed by atoms with Gasteiger partial charge in [0, 0.05) is 18.2 Å². The highest BCUT2D eigenvalue weighted by atomic mass is 19.1. The van der Waals surface area contributed by atoms with Crippen LogP contribution in [0.4, 0.5) is 10.1 Å². The maximum absolute atomic E-state index is 13.0. The lowest BCUT2D eigenvalue weighted by molar-refractivity contribution is -0.138. The van der Waals surface area contributed by atoms with Crippen molar-refractivity contribution in [1.82, 2.24) is 0 Å². The maximum atomic E-state index is 13.0. The van der Waals surface area contributed by atoms with E-state index >= 15 is 0 Å². The van der Waals surface area contributed by atoms with Gasteiger partial charge in [-0.2, -0.15) is 0 Å². The van der Waals surface area contributed by atoms with E-state index in [9.17, 15) is 14.0 Å². The summed E-state index contributed by atoms with van der Waals surface area (Å²) >= 11 is 0. The lowest BCUT2D eigenvalue weighted by Gasteiger charge is -2.10. The summed E-state index contributed by atoms with van der Waals surface area (Å²) in [6, 6.07) is 12.6. The van der Waals surface area contributed by atoms with Crippen molar-refractivity contribution in [1.29, 1.82) is 0 Å². The fourth-order valence-corrected chi connectivity index (χ4v) is 2.23. The molecule has 132 valence electrons. The molecule has 2 aromatic rings. The van der Waals surface area contributed by atoms with Crippen LogP contribution in [-0.4, -0.2) is 23.6 Å². The molecule has 1 amide bonds. The van der Waals surface area contributed by atoms with Gasteiger partial charge in [0.25, 0.3) is 0 Å². The lowest BCUT2D eigenvalue weighted by Crippen LogP contribution is -2.13. The van der Waals surface area contributed by atoms with Crippen molar-refractivity contribution in [3.63, 3.8) is 0 Å². The Morgan fingerprint density at radius 2 is 1.96 bits per heavy atom. The highest BCUT2D eigenvalue weighted by molar-refractivity contribution is 5.91. The second-order valence-corrected chi connectivity index (χ2v) is 5.64. The summed E-state index contributed by atoms with van der Waals surface area (Å²) in [7, 11) is 0. The Balaban J connectivity index is 1.78. The zero-order valence-electron chi connectivity index (χ0n) is 13.9. The Kier molecular flexibility index (Phi) is 6.51. The molecule has 0 bridgehead atoms. The first-order valence-electron chi connectivity index (χ1n) is 7.96. The molecule has 0 aromatic heterocycles. The molecule has 25 heavy (non-hydrogen) atoms. The molecule has 0 spiro atoms. The average molecular weight is 345 g/mol. The average Bonchev–Trinajstić information content (AvgIpc) is 2.58. The topological polar surface area (TPSA) is 75.6 Å². The van der Waals surface area contributed by atoms with Crippen LogP contribution < -0.4 is 10.1 Å². The quantitative estimate of drug-likeness (QED) is 0.713. The molecule has 1 unspecified atom stereocenters. The van der Waals surface area contributed by atoms with Gasteiger partial charge in [0.15, 0.2) is 0 Å². The van der Waals surface area contributed by atoms with Crippen LogP contribution in [0.15, 0.2) is 48.5 Å². The molecule has 2 rings (SSSR count). The van der Waals surface area contributed by atoms with Crippen molar-refractivity contribution in [2.45, 2.75) is 25.7 Å². The second-order valence-electron chi connectivity index (χ2n) is 5.64. The Morgan fingerprint density at radius 1 is 1.20 bits per heavy atom. The fourth-order valence-electron chi connectivity index (χ4n) is 2.23. The van der Waals surface area contributed by atoms with Crippen molar-refractivity contribution < 1.29 is 23.8 Å². The predicted molar refractivity (Wildman–Crippen MR) is 92.3 cm³/mol. The van der Waals surface area contributed by atoms with E-state index in [-0.39, 0.29) is 18.1 Å². The minimum atomic E-state index is -0.919. The van der Waals surface area contributed by atoms with Gasteiger partial charge in [0.1, 0.15) is 11.6 Å². The first-order chi connectivity index (χ1) is 12.0. The number of ether oxygens (including phenoxy) is 1. The van der Waals surface area contributed by atoms with Crippen LogP contribution in [0.3, 0.4) is 0 Å². The molecule has 0 saturated heterocycles. The molecule has 2 aromatic carbocycles. The van der Waals surface area contributed by atoms with E-state index in [1.807, 2.05) is 0 Å². The lowest BCUT2D eigenvalue weighted by atomic mass is 10.0. The molecule has 0 aliphatic carbocycles. The molecule has 5 nitrogen and oxygen atoms in total. The van der Waals surface area contributed by atoms with Gasteiger partial charge in [-0.05, 0) is 43.2 Å². The molecule has 2 N–H and O–H groups in total. The van der Waals surface area contributed by atoms with E-state index in [0.29, 0.717) is 30.0 Å². The van der Waals surface area contributed by atoms with Gasteiger partial charge in [-0.3, -0.25) is 9.59 Å². The Morgan fingerprint density at radius 3 is 2.68 bits per heavy atom. The van der Waals surface area contributed by atoms with Crippen LogP contribution in [0.5, 0.6) is 5.75 Å². The SMILES string of the molecule is CC(C(=O)O)c1cccc(NC(=O)CCCOc2cccc(F)c2)c1. The minimum Gasteiger partial charge on any atom is -0.493 e. The molecule has 0 aliphatic heterocycles. The Hall–Kier alpha value is -2.89. The third-order valence-corrected chi connectivity index (χ3v) is 3.65. The number of anilines is 1. The monoisotopic (exact) mass is 345 g/mol. The van der Waals surface area contributed by atoms with E-state index in [0.717, 1.165) is 0 Å². The van der Waals surface area contributed by atoms with Crippen molar-refractivity contribution in [3.05, 3.63) is 59.9 Å². The minimum absolute atomic E-state index is 0.192. The standard InChI is InChI=1S/C19H20FNO4/c1-13(19(23)24)14-5-2-7-16(11-14)21-18(22)9-4-10-25-17-8-3-6-15(20)12-17/h2-3,5-8,11-13H,4,9-10H2,1H3,(H,21,22)(H,23,24). The smallest absolute Gasteiger partial charge is 0.310 e. The first-order valence-corrected chi connectivity index (χ1v) is 7.96. The zero-order chi connectivity index (χ0) is 18.2. The highest BCUT2D eigenvalue weighted by Crippen LogP contribution is 2.19. The van der Waals surface area contributed by atoms with Gasteiger partial charge in [-0.1, -0.05) is 18.2 Å². The maximum Gasteiger partial charge on any atom is 0.310 e. The molecule has 0 heterocycles. The third kappa shape index (κ3) is 5.91. The summed E-state index contributed by atoms with van der Waals surface area (Å²) < 4.78 is 18.4. The predicted octanol–water partition coefficient (Wildman–Crippen LogP) is 3.81. The fraction of sp³-hybridized carbons (Fsp3) is 0.263. The van der Waals surface area contributed by atoms with Gasteiger partial charge in [0.05, 0.1) is 12.5 Å². The van der Waals surface area contributed by atoms with E-state index in [1.165, 1.54) is 12.1 Å². The van der Waals surface area contributed by atoms with Crippen LogP contribution in [0.1, 0.15) is 31.2 Å². The van der Waals surface area contributed by atoms with Gasteiger partial charge in [-0.25, -0.2) is 4.39 Å². The number of carboxylic acid groups (broad SMARTS) is 1. The molecule has 0 saturated carbocycles. The number of amides is 1. The van der Waals surface area contributed by atoms with E-state index in [1.54, 1.807) is 43.3 Å². The number of halogens is 1. The number of rotatable bonds is 8.